The highest BCUT2D eigenvalue weighted by Gasteiger charge is 2.15. The molecule has 0 aliphatic rings. The van der Waals surface area contributed by atoms with Gasteiger partial charge in [-0.3, -0.25) is 0 Å². The molecule has 0 saturated heterocycles. The van der Waals surface area contributed by atoms with Gasteiger partial charge in [0, 0.05) is 11.3 Å². The third-order valence-electron chi connectivity index (χ3n) is 3.35. The van der Waals surface area contributed by atoms with Crippen LogP contribution in [0, 0.1) is 20.8 Å². The van der Waals surface area contributed by atoms with Crippen LogP contribution in [0.4, 0.5) is 0 Å². The summed E-state index contributed by atoms with van der Waals surface area (Å²) in [5.74, 6) is -0.191. The number of hydrogen-bond acceptors (Lipinski definition) is 2. The third-order valence-corrected chi connectivity index (χ3v) is 3.35. The van der Waals surface area contributed by atoms with Gasteiger partial charge < -0.3 is 14.8 Å². The van der Waals surface area contributed by atoms with Crippen molar-refractivity contribution in [2.45, 2.75) is 20.8 Å². The number of nitrogens with one attached hydrogen (secondary N) is 1. The molecule has 0 unspecified atom stereocenters. The lowest BCUT2D eigenvalue weighted by Gasteiger charge is -2.10. The van der Waals surface area contributed by atoms with Gasteiger partial charge in [0.05, 0.1) is 18.4 Å². The fourth-order valence-electron chi connectivity index (χ4n) is 2.09. The summed E-state index contributed by atoms with van der Waals surface area (Å²) in [6.07, 6.45) is 0. The predicted molar refractivity (Wildman–Crippen MR) is 74.0 cm³/mol. The molecule has 0 saturated carbocycles. The first-order valence-corrected chi connectivity index (χ1v) is 6.02. The molecule has 100 valence electrons. The molecule has 19 heavy (non-hydrogen) atoms. The summed E-state index contributed by atoms with van der Waals surface area (Å²) < 4.78 is 5.38. The van der Waals surface area contributed by atoms with Crippen LogP contribution in [0.25, 0.3) is 11.3 Å². The highest BCUT2D eigenvalue weighted by atomic mass is 16.5. The Kier molecular flexibility index (Phi) is 3.34. The van der Waals surface area contributed by atoms with Crippen LogP contribution in [0.2, 0.25) is 0 Å². The molecule has 0 bridgehead atoms. The number of aromatic carboxylic acids is 1. The number of rotatable bonds is 3. The summed E-state index contributed by atoms with van der Waals surface area (Å²) in [5, 5.41) is 9.10. The molecule has 2 rings (SSSR count). The molecular weight excluding hydrogens is 242 g/mol. The number of hydrogen-bond donors (Lipinski definition) is 2. The number of carboxylic acid groups (broad SMARTS) is 1. The van der Waals surface area contributed by atoms with Crippen LogP contribution in [-0.4, -0.2) is 23.2 Å². The van der Waals surface area contributed by atoms with E-state index in [1.807, 2.05) is 26.0 Å². The smallest absolute Gasteiger partial charge is 0.337 e. The first-order valence-electron chi connectivity index (χ1n) is 6.02. The molecule has 0 amide bonds. The summed E-state index contributed by atoms with van der Waals surface area (Å²) in [5.41, 5.74) is 4.84. The molecule has 2 aromatic rings. The van der Waals surface area contributed by atoms with Crippen molar-refractivity contribution in [1.82, 2.24) is 4.98 Å². The number of ether oxygens (including phenoxy) is 1. The Hall–Kier alpha value is -2.23. The van der Waals surface area contributed by atoms with Gasteiger partial charge in [-0.2, -0.15) is 0 Å². The van der Waals surface area contributed by atoms with Crippen molar-refractivity contribution in [3.63, 3.8) is 0 Å². The van der Waals surface area contributed by atoms with Gasteiger partial charge in [-0.1, -0.05) is 0 Å². The van der Waals surface area contributed by atoms with E-state index in [-0.39, 0.29) is 5.56 Å². The van der Waals surface area contributed by atoms with E-state index in [1.54, 1.807) is 20.1 Å². The zero-order valence-corrected chi connectivity index (χ0v) is 11.5. The molecule has 1 aromatic heterocycles. The summed E-state index contributed by atoms with van der Waals surface area (Å²) >= 11 is 0. The van der Waals surface area contributed by atoms with Gasteiger partial charge >= 0.3 is 5.97 Å². The van der Waals surface area contributed by atoms with Crippen molar-refractivity contribution >= 4 is 5.97 Å². The lowest BCUT2D eigenvalue weighted by molar-refractivity contribution is 0.0696. The fraction of sp³-hybridized carbons (Fsp3) is 0.267. The Balaban J connectivity index is 2.61. The Morgan fingerprint density at radius 1 is 1.16 bits per heavy atom. The largest absolute Gasteiger partial charge is 0.496 e. The van der Waals surface area contributed by atoms with Gasteiger partial charge in [-0.15, -0.1) is 0 Å². The number of carbonyl (C=O) groups is 1. The fourth-order valence-corrected chi connectivity index (χ4v) is 2.09. The average molecular weight is 259 g/mol. The van der Waals surface area contributed by atoms with Crippen molar-refractivity contribution < 1.29 is 14.6 Å². The lowest BCUT2D eigenvalue weighted by Crippen LogP contribution is -1.95. The minimum Gasteiger partial charge on any atom is -0.496 e. The molecule has 4 nitrogen and oxygen atoms in total. The molecule has 0 aliphatic carbocycles. The maximum atomic E-state index is 11.1. The molecule has 0 fully saturated rings. The zero-order chi connectivity index (χ0) is 14.2. The standard InChI is InChI=1S/C15H17NO3/c1-8-5-12(14(19-4)6-9(8)2)13-7-11(15(17)18)10(3)16-13/h5-7,16H,1-4H3,(H,17,18). The number of H-pyrrole nitrogens is 1. The van der Waals surface area contributed by atoms with Crippen LogP contribution in [0.5, 0.6) is 5.75 Å². The Morgan fingerprint density at radius 2 is 1.79 bits per heavy atom. The second kappa shape index (κ2) is 4.80. The predicted octanol–water partition coefficient (Wildman–Crippen LogP) is 3.31. The summed E-state index contributed by atoms with van der Waals surface area (Å²) in [6.45, 7) is 5.79. The van der Waals surface area contributed by atoms with E-state index < -0.39 is 5.97 Å². The topological polar surface area (TPSA) is 62.3 Å². The lowest BCUT2D eigenvalue weighted by atomic mass is 10.0. The maximum absolute atomic E-state index is 11.1. The van der Waals surface area contributed by atoms with Crippen LogP contribution in [0.3, 0.4) is 0 Å². The molecule has 1 heterocycles. The number of methoxy groups -OCH3 is 1. The maximum Gasteiger partial charge on any atom is 0.337 e. The van der Waals surface area contributed by atoms with Gasteiger partial charge in [0.25, 0.3) is 0 Å². The van der Waals surface area contributed by atoms with E-state index in [0.717, 1.165) is 28.1 Å². The van der Waals surface area contributed by atoms with Crippen molar-refractivity contribution in [2.75, 3.05) is 7.11 Å². The van der Waals surface area contributed by atoms with E-state index in [1.165, 1.54) is 0 Å². The molecule has 2 N–H and O–H groups in total. The number of benzene rings is 1. The van der Waals surface area contributed by atoms with E-state index in [4.69, 9.17) is 9.84 Å². The minimum atomic E-state index is -0.928. The van der Waals surface area contributed by atoms with E-state index >= 15 is 0 Å². The van der Waals surface area contributed by atoms with E-state index in [0.29, 0.717) is 5.69 Å². The monoisotopic (exact) mass is 259 g/mol. The molecule has 0 radical (unpaired) electrons. The molecular formula is C15H17NO3. The number of carboxylic acids is 1. The SMILES string of the molecule is COc1cc(C)c(C)cc1-c1cc(C(=O)O)c(C)[nH]1. The van der Waals surface area contributed by atoms with Gasteiger partial charge in [-0.05, 0) is 50.1 Å². The minimum absolute atomic E-state index is 0.287. The second-order valence-electron chi connectivity index (χ2n) is 4.66. The van der Waals surface area contributed by atoms with Crippen LogP contribution < -0.4 is 4.74 Å². The summed E-state index contributed by atoms with van der Waals surface area (Å²) in [4.78, 5) is 14.2. The van der Waals surface area contributed by atoms with Crippen LogP contribution >= 0.6 is 0 Å². The number of aromatic nitrogens is 1. The highest BCUT2D eigenvalue weighted by molar-refractivity contribution is 5.91. The van der Waals surface area contributed by atoms with Crippen molar-refractivity contribution in [2.24, 2.45) is 0 Å². The quantitative estimate of drug-likeness (QED) is 0.888. The van der Waals surface area contributed by atoms with Crippen LogP contribution in [0.15, 0.2) is 18.2 Å². The molecule has 0 aliphatic heterocycles. The first kappa shape index (κ1) is 13.2. The normalized spacial score (nSPS) is 10.5. The van der Waals surface area contributed by atoms with E-state index in [9.17, 15) is 4.79 Å². The Morgan fingerprint density at radius 3 is 2.32 bits per heavy atom. The summed E-state index contributed by atoms with van der Waals surface area (Å²) in [6, 6.07) is 5.61. The average Bonchev–Trinajstić information content (AvgIpc) is 2.74. The van der Waals surface area contributed by atoms with Crippen LogP contribution in [0.1, 0.15) is 27.2 Å². The van der Waals surface area contributed by atoms with Crippen molar-refractivity contribution in [1.29, 1.82) is 0 Å². The first-order chi connectivity index (χ1) is 8.93. The Bertz CT molecular complexity index is 641. The number of aromatic amines is 1. The van der Waals surface area contributed by atoms with E-state index in [2.05, 4.69) is 4.98 Å². The van der Waals surface area contributed by atoms with Crippen molar-refractivity contribution in [3.8, 4) is 17.0 Å². The van der Waals surface area contributed by atoms with Crippen LogP contribution in [-0.2, 0) is 0 Å². The van der Waals surface area contributed by atoms with Gasteiger partial charge in [0.1, 0.15) is 5.75 Å². The Labute approximate surface area is 112 Å². The zero-order valence-electron chi connectivity index (χ0n) is 11.5. The van der Waals surface area contributed by atoms with Gasteiger partial charge in [0.15, 0.2) is 0 Å². The summed E-state index contributed by atoms with van der Waals surface area (Å²) in [7, 11) is 1.61. The molecule has 0 atom stereocenters. The molecule has 4 heteroatoms. The molecule has 1 aromatic carbocycles. The van der Waals surface area contributed by atoms with Gasteiger partial charge in [0.2, 0.25) is 0 Å². The second-order valence-corrected chi connectivity index (χ2v) is 4.66. The number of aryl methyl sites for hydroxylation is 3. The molecule has 0 spiro atoms. The van der Waals surface area contributed by atoms with Crippen molar-refractivity contribution in [3.05, 3.63) is 40.6 Å². The highest BCUT2D eigenvalue weighted by Crippen LogP contribution is 2.33. The third kappa shape index (κ3) is 2.34. The van der Waals surface area contributed by atoms with Gasteiger partial charge in [-0.25, -0.2) is 4.79 Å².